The molecule has 0 radical (unpaired) electrons. The Labute approximate surface area is 149 Å². The third-order valence-corrected chi connectivity index (χ3v) is 3.75. The van der Waals surface area contributed by atoms with E-state index in [0.29, 0.717) is 21.8 Å². The molecular weight excluding hydrogens is 344 g/mol. The van der Waals surface area contributed by atoms with Crippen molar-refractivity contribution in [2.45, 2.75) is 12.5 Å². The first-order valence-electron chi connectivity index (χ1n) is 7.49. The Morgan fingerprint density at radius 1 is 1.20 bits per heavy atom. The van der Waals surface area contributed by atoms with Crippen LogP contribution in [0.15, 0.2) is 54.7 Å². The zero-order chi connectivity index (χ0) is 17.9. The van der Waals surface area contributed by atoms with E-state index >= 15 is 0 Å². The number of carboxylic acid groups (broad SMARTS) is 1. The largest absolute Gasteiger partial charge is 0.478 e. The van der Waals surface area contributed by atoms with Gasteiger partial charge in [-0.1, -0.05) is 29.8 Å². The van der Waals surface area contributed by atoms with E-state index in [-0.39, 0.29) is 12.5 Å². The lowest BCUT2D eigenvalue weighted by Crippen LogP contribution is -2.47. The van der Waals surface area contributed by atoms with Gasteiger partial charge in [0.1, 0.15) is 12.4 Å². The molecular formula is C18H15ClN2O4. The summed E-state index contributed by atoms with van der Waals surface area (Å²) in [5.41, 5.74) is -0.351. The molecule has 0 aliphatic rings. The number of hydrogen-bond donors (Lipinski definition) is 1. The number of ether oxygens (including phenoxy) is 2. The number of rotatable bonds is 6. The van der Waals surface area contributed by atoms with Gasteiger partial charge in [0.15, 0.2) is 0 Å². The van der Waals surface area contributed by atoms with Crippen LogP contribution in [0.5, 0.6) is 11.6 Å². The Morgan fingerprint density at radius 2 is 1.96 bits per heavy atom. The molecule has 1 heterocycles. The van der Waals surface area contributed by atoms with E-state index in [9.17, 15) is 9.90 Å². The summed E-state index contributed by atoms with van der Waals surface area (Å²) in [6.07, 6.45) is 1.43. The highest BCUT2D eigenvalue weighted by atomic mass is 35.5. The van der Waals surface area contributed by atoms with Crippen LogP contribution in [0, 0.1) is 0 Å². The second-order valence-corrected chi connectivity index (χ2v) is 6.02. The van der Waals surface area contributed by atoms with Gasteiger partial charge in [-0.25, -0.2) is 14.8 Å². The van der Waals surface area contributed by atoms with Crippen LogP contribution in [0.2, 0.25) is 5.02 Å². The van der Waals surface area contributed by atoms with E-state index in [1.807, 2.05) is 6.07 Å². The second kappa shape index (κ2) is 6.94. The molecule has 0 fully saturated rings. The van der Waals surface area contributed by atoms with Gasteiger partial charge in [0.2, 0.25) is 11.5 Å². The van der Waals surface area contributed by atoms with Gasteiger partial charge in [0, 0.05) is 5.02 Å². The standard InChI is InChI=1S/C18H15ClN2O4/c1-18(17(22)23,25-13-5-3-2-4-6-13)11-24-16-10-20-14-8-7-12(19)9-15(14)21-16/h2-10H,11H2,1H3,(H,22,23). The summed E-state index contributed by atoms with van der Waals surface area (Å²) in [4.78, 5) is 20.2. The van der Waals surface area contributed by atoms with E-state index in [1.165, 1.54) is 13.1 Å². The maximum absolute atomic E-state index is 11.6. The van der Waals surface area contributed by atoms with Crippen molar-refractivity contribution in [3.05, 3.63) is 59.8 Å². The quantitative estimate of drug-likeness (QED) is 0.725. The van der Waals surface area contributed by atoms with E-state index in [0.717, 1.165) is 0 Å². The maximum atomic E-state index is 11.6. The summed E-state index contributed by atoms with van der Waals surface area (Å²) in [6, 6.07) is 13.8. The fraction of sp³-hybridized carbons (Fsp3) is 0.167. The minimum atomic E-state index is -1.58. The molecule has 25 heavy (non-hydrogen) atoms. The van der Waals surface area contributed by atoms with Crippen LogP contribution in [0.4, 0.5) is 0 Å². The molecule has 2 aromatic carbocycles. The predicted octanol–water partition coefficient (Wildman–Crippen LogP) is 3.58. The minimum Gasteiger partial charge on any atom is -0.478 e. The first-order chi connectivity index (χ1) is 12.0. The topological polar surface area (TPSA) is 81.5 Å². The number of fused-ring (bicyclic) bond motifs is 1. The van der Waals surface area contributed by atoms with Crippen LogP contribution >= 0.6 is 11.6 Å². The van der Waals surface area contributed by atoms with Gasteiger partial charge in [-0.15, -0.1) is 0 Å². The van der Waals surface area contributed by atoms with Gasteiger partial charge in [-0.3, -0.25) is 0 Å². The number of carboxylic acids is 1. The van der Waals surface area contributed by atoms with Gasteiger partial charge in [-0.05, 0) is 37.3 Å². The Morgan fingerprint density at radius 3 is 2.68 bits per heavy atom. The highest BCUT2D eigenvalue weighted by Gasteiger charge is 2.37. The molecule has 0 spiro atoms. The second-order valence-electron chi connectivity index (χ2n) is 5.58. The van der Waals surface area contributed by atoms with E-state index in [4.69, 9.17) is 21.1 Å². The molecule has 0 bridgehead atoms. The fourth-order valence-electron chi connectivity index (χ4n) is 2.13. The van der Waals surface area contributed by atoms with Crippen molar-refractivity contribution in [2.75, 3.05) is 6.61 Å². The summed E-state index contributed by atoms with van der Waals surface area (Å²) in [6.45, 7) is 1.20. The number of hydrogen-bond acceptors (Lipinski definition) is 5. The third kappa shape index (κ3) is 3.97. The Bertz CT molecular complexity index is 904. The van der Waals surface area contributed by atoms with Gasteiger partial charge < -0.3 is 14.6 Å². The molecule has 0 amide bonds. The fourth-order valence-corrected chi connectivity index (χ4v) is 2.30. The molecule has 3 rings (SSSR count). The summed E-state index contributed by atoms with van der Waals surface area (Å²) in [5, 5.41) is 10.1. The van der Waals surface area contributed by atoms with Crippen LogP contribution in [0.3, 0.4) is 0 Å². The monoisotopic (exact) mass is 358 g/mol. The lowest BCUT2D eigenvalue weighted by Gasteiger charge is -2.26. The summed E-state index contributed by atoms with van der Waals surface area (Å²) >= 11 is 5.95. The number of aromatic nitrogens is 2. The molecule has 1 aromatic heterocycles. The van der Waals surface area contributed by atoms with Crippen LogP contribution in [-0.2, 0) is 4.79 Å². The van der Waals surface area contributed by atoms with Crippen molar-refractivity contribution in [1.29, 1.82) is 0 Å². The predicted molar refractivity (Wildman–Crippen MR) is 93.2 cm³/mol. The highest BCUT2D eigenvalue weighted by molar-refractivity contribution is 6.31. The highest BCUT2D eigenvalue weighted by Crippen LogP contribution is 2.22. The van der Waals surface area contributed by atoms with Crippen molar-refractivity contribution in [3.63, 3.8) is 0 Å². The molecule has 1 unspecified atom stereocenters. The molecule has 1 N–H and O–H groups in total. The number of benzene rings is 2. The number of carbonyl (C=O) groups is 1. The van der Waals surface area contributed by atoms with Crippen molar-refractivity contribution < 1.29 is 19.4 Å². The Kier molecular flexibility index (Phi) is 4.72. The van der Waals surface area contributed by atoms with Crippen LogP contribution in [0.25, 0.3) is 11.0 Å². The van der Waals surface area contributed by atoms with Crippen LogP contribution in [0.1, 0.15) is 6.92 Å². The number of nitrogens with zero attached hydrogens (tertiary/aromatic N) is 2. The lowest BCUT2D eigenvalue weighted by molar-refractivity contribution is -0.156. The SMILES string of the molecule is CC(COc1cnc2ccc(Cl)cc2n1)(Oc1ccccc1)C(=O)O. The Balaban J connectivity index is 1.78. The van der Waals surface area contributed by atoms with Crippen molar-refractivity contribution in [1.82, 2.24) is 9.97 Å². The maximum Gasteiger partial charge on any atom is 0.351 e. The first-order valence-corrected chi connectivity index (χ1v) is 7.87. The molecule has 0 saturated heterocycles. The molecule has 128 valence electrons. The molecule has 0 aliphatic carbocycles. The van der Waals surface area contributed by atoms with Crippen molar-refractivity contribution >= 4 is 28.6 Å². The molecule has 7 heteroatoms. The van der Waals surface area contributed by atoms with Crippen molar-refractivity contribution in [3.8, 4) is 11.6 Å². The summed E-state index contributed by atoms with van der Waals surface area (Å²) in [5.74, 6) is -0.514. The van der Waals surface area contributed by atoms with Gasteiger partial charge in [-0.2, -0.15) is 0 Å². The number of para-hydroxylation sites is 1. The minimum absolute atomic E-state index is 0.193. The summed E-state index contributed by atoms with van der Waals surface area (Å²) in [7, 11) is 0. The molecule has 0 saturated carbocycles. The first kappa shape index (κ1) is 17.0. The van der Waals surface area contributed by atoms with Gasteiger partial charge in [0.05, 0.1) is 17.2 Å². The Hall–Kier alpha value is -2.86. The average molecular weight is 359 g/mol. The molecule has 1 atom stereocenters. The zero-order valence-corrected chi connectivity index (χ0v) is 14.1. The average Bonchev–Trinajstić information content (AvgIpc) is 2.60. The lowest BCUT2D eigenvalue weighted by atomic mass is 10.1. The van der Waals surface area contributed by atoms with E-state index in [2.05, 4.69) is 9.97 Å². The van der Waals surface area contributed by atoms with Gasteiger partial charge >= 0.3 is 5.97 Å². The van der Waals surface area contributed by atoms with E-state index in [1.54, 1.807) is 42.5 Å². The zero-order valence-electron chi connectivity index (χ0n) is 13.3. The smallest absolute Gasteiger partial charge is 0.351 e. The summed E-state index contributed by atoms with van der Waals surface area (Å²) < 4.78 is 11.1. The van der Waals surface area contributed by atoms with Crippen LogP contribution in [-0.4, -0.2) is 33.3 Å². The number of halogens is 1. The van der Waals surface area contributed by atoms with Crippen LogP contribution < -0.4 is 9.47 Å². The third-order valence-electron chi connectivity index (χ3n) is 3.52. The van der Waals surface area contributed by atoms with Gasteiger partial charge in [0.25, 0.3) is 0 Å². The van der Waals surface area contributed by atoms with E-state index < -0.39 is 11.6 Å². The molecule has 0 aliphatic heterocycles. The molecule has 6 nitrogen and oxygen atoms in total. The van der Waals surface area contributed by atoms with Crippen molar-refractivity contribution in [2.24, 2.45) is 0 Å². The normalized spacial score (nSPS) is 13.2. The number of aliphatic carboxylic acids is 1. The molecule has 3 aromatic rings.